The van der Waals surface area contributed by atoms with Gasteiger partial charge in [0.1, 0.15) is 0 Å². The molecule has 17 heavy (non-hydrogen) atoms. The highest BCUT2D eigenvalue weighted by atomic mass is 32.2. The molecule has 0 amide bonds. The standard InChI is InChI=1S/C13H27NO2S/c1-4-5-7-16-10-13(15)9-14-6-8-17-12(3)11(14)2/h11-13,15H,4-10H2,1-3H3. The number of hydrogen-bond donors (Lipinski definition) is 1. The molecule has 0 aromatic rings. The SMILES string of the molecule is CCCCOCC(O)CN1CCSC(C)C1C. The van der Waals surface area contributed by atoms with Crippen molar-refractivity contribution in [2.75, 3.05) is 32.1 Å². The van der Waals surface area contributed by atoms with Gasteiger partial charge < -0.3 is 9.84 Å². The van der Waals surface area contributed by atoms with Crippen LogP contribution in [0.25, 0.3) is 0 Å². The normalized spacial score (nSPS) is 28.2. The topological polar surface area (TPSA) is 32.7 Å². The third-order valence-electron chi connectivity index (χ3n) is 3.41. The van der Waals surface area contributed by atoms with Crippen molar-refractivity contribution >= 4 is 11.8 Å². The molecule has 1 N–H and O–H groups in total. The molecule has 0 bridgehead atoms. The number of hydrogen-bond acceptors (Lipinski definition) is 4. The van der Waals surface area contributed by atoms with Gasteiger partial charge >= 0.3 is 0 Å². The quantitative estimate of drug-likeness (QED) is 0.711. The van der Waals surface area contributed by atoms with Gasteiger partial charge in [0, 0.05) is 36.7 Å². The van der Waals surface area contributed by atoms with E-state index in [1.165, 1.54) is 5.75 Å². The molecule has 3 nitrogen and oxygen atoms in total. The Kier molecular flexibility index (Phi) is 7.51. The highest BCUT2D eigenvalue weighted by Crippen LogP contribution is 2.24. The largest absolute Gasteiger partial charge is 0.389 e. The van der Waals surface area contributed by atoms with Crippen LogP contribution < -0.4 is 0 Å². The number of rotatable bonds is 7. The van der Waals surface area contributed by atoms with E-state index in [1.54, 1.807) is 0 Å². The Balaban J connectivity index is 2.18. The van der Waals surface area contributed by atoms with E-state index < -0.39 is 0 Å². The summed E-state index contributed by atoms with van der Waals surface area (Å²) < 4.78 is 5.46. The van der Waals surface area contributed by atoms with Crippen molar-refractivity contribution in [2.24, 2.45) is 0 Å². The van der Waals surface area contributed by atoms with Gasteiger partial charge in [-0.2, -0.15) is 11.8 Å². The van der Waals surface area contributed by atoms with Gasteiger partial charge in [0.15, 0.2) is 0 Å². The van der Waals surface area contributed by atoms with Crippen molar-refractivity contribution in [3.05, 3.63) is 0 Å². The lowest BCUT2D eigenvalue weighted by atomic mass is 10.2. The Hall–Kier alpha value is 0.230. The Morgan fingerprint density at radius 1 is 1.47 bits per heavy atom. The van der Waals surface area contributed by atoms with Crippen LogP contribution in [-0.4, -0.2) is 59.5 Å². The van der Waals surface area contributed by atoms with E-state index in [4.69, 9.17) is 4.74 Å². The lowest BCUT2D eigenvalue weighted by Crippen LogP contribution is -2.48. The Bertz CT molecular complexity index is 204. The number of ether oxygens (including phenoxy) is 1. The maximum absolute atomic E-state index is 9.93. The first-order valence-electron chi connectivity index (χ1n) is 6.76. The van der Waals surface area contributed by atoms with E-state index in [0.717, 1.165) is 32.5 Å². The second kappa shape index (κ2) is 8.35. The summed E-state index contributed by atoms with van der Waals surface area (Å²) in [4.78, 5) is 2.38. The first-order valence-corrected chi connectivity index (χ1v) is 7.81. The van der Waals surface area contributed by atoms with E-state index in [2.05, 4.69) is 25.7 Å². The Morgan fingerprint density at radius 3 is 2.94 bits per heavy atom. The minimum absolute atomic E-state index is 0.343. The van der Waals surface area contributed by atoms with E-state index in [0.29, 0.717) is 17.9 Å². The van der Waals surface area contributed by atoms with Gasteiger partial charge in [0.2, 0.25) is 0 Å². The molecule has 4 heteroatoms. The van der Waals surface area contributed by atoms with Crippen LogP contribution in [0.15, 0.2) is 0 Å². The van der Waals surface area contributed by atoms with E-state index >= 15 is 0 Å². The maximum Gasteiger partial charge on any atom is 0.0900 e. The van der Waals surface area contributed by atoms with Crippen molar-refractivity contribution in [1.29, 1.82) is 0 Å². The van der Waals surface area contributed by atoms with Crippen LogP contribution in [0.5, 0.6) is 0 Å². The fourth-order valence-corrected chi connectivity index (χ4v) is 3.20. The summed E-state index contributed by atoms with van der Waals surface area (Å²) in [5, 5.41) is 10.6. The number of β-amino-alcohol motifs (C(OH)–C–C–N with tert-alkyl or cyclic N) is 1. The highest BCUT2D eigenvalue weighted by molar-refractivity contribution is 8.00. The fraction of sp³-hybridized carbons (Fsp3) is 1.00. The zero-order valence-electron chi connectivity index (χ0n) is 11.4. The molecule has 1 fully saturated rings. The summed E-state index contributed by atoms with van der Waals surface area (Å²) in [7, 11) is 0. The summed E-state index contributed by atoms with van der Waals surface area (Å²) in [6, 6.07) is 0.555. The first kappa shape index (κ1) is 15.3. The molecule has 0 aromatic heterocycles. The van der Waals surface area contributed by atoms with Gasteiger partial charge in [-0.1, -0.05) is 20.3 Å². The van der Waals surface area contributed by atoms with Crippen LogP contribution in [0.2, 0.25) is 0 Å². The number of aliphatic hydroxyl groups is 1. The molecular formula is C13H27NO2S. The summed E-state index contributed by atoms with van der Waals surface area (Å²) in [6.07, 6.45) is 1.89. The number of thioether (sulfide) groups is 1. The van der Waals surface area contributed by atoms with Crippen molar-refractivity contribution in [1.82, 2.24) is 4.90 Å². The van der Waals surface area contributed by atoms with Gasteiger partial charge in [-0.25, -0.2) is 0 Å². The predicted molar refractivity (Wildman–Crippen MR) is 74.7 cm³/mol. The third-order valence-corrected chi connectivity index (χ3v) is 4.75. The number of nitrogens with zero attached hydrogens (tertiary/aromatic N) is 1. The van der Waals surface area contributed by atoms with Crippen molar-refractivity contribution in [3.8, 4) is 0 Å². The molecule has 1 aliphatic rings. The molecule has 102 valence electrons. The van der Waals surface area contributed by atoms with E-state index in [-0.39, 0.29) is 6.10 Å². The lowest BCUT2D eigenvalue weighted by Gasteiger charge is -2.38. The molecular weight excluding hydrogens is 234 g/mol. The zero-order valence-corrected chi connectivity index (χ0v) is 12.2. The molecule has 3 unspecified atom stereocenters. The van der Waals surface area contributed by atoms with Crippen LogP contribution in [0, 0.1) is 0 Å². The smallest absolute Gasteiger partial charge is 0.0900 e. The predicted octanol–water partition coefficient (Wildman–Crippen LogP) is 1.99. The molecule has 0 saturated carbocycles. The van der Waals surface area contributed by atoms with Crippen LogP contribution in [0.4, 0.5) is 0 Å². The fourth-order valence-electron chi connectivity index (χ4n) is 2.04. The summed E-state index contributed by atoms with van der Waals surface area (Å²) >= 11 is 2.03. The van der Waals surface area contributed by atoms with Crippen LogP contribution in [-0.2, 0) is 4.74 Å². The Morgan fingerprint density at radius 2 is 2.24 bits per heavy atom. The zero-order chi connectivity index (χ0) is 12.7. The second-order valence-corrected chi connectivity index (χ2v) is 6.38. The molecule has 1 heterocycles. The average molecular weight is 261 g/mol. The second-order valence-electron chi connectivity index (χ2n) is 4.89. The van der Waals surface area contributed by atoms with Gasteiger partial charge in [-0.3, -0.25) is 4.90 Å². The van der Waals surface area contributed by atoms with Crippen molar-refractivity contribution in [2.45, 2.75) is 51.0 Å². The summed E-state index contributed by atoms with van der Waals surface area (Å²) in [5.41, 5.74) is 0. The molecule has 1 saturated heterocycles. The molecule has 0 aliphatic carbocycles. The van der Waals surface area contributed by atoms with Gasteiger partial charge in [0.25, 0.3) is 0 Å². The van der Waals surface area contributed by atoms with Crippen LogP contribution in [0.1, 0.15) is 33.6 Å². The van der Waals surface area contributed by atoms with E-state index in [9.17, 15) is 5.11 Å². The summed E-state index contributed by atoms with van der Waals surface area (Å²) in [5.74, 6) is 1.18. The molecule has 1 aliphatic heterocycles. The first-order chi connectivity index (χ1) is 8.15. The van der Waals surface area contributed by atoms with E-state index in [1.807, 2.05) is 11.8 Å². The average Bonchev–Trinajstić information content (AvgIpc) is 2.31. The van der Waals surface area contributed by atoms with Crippen molar-refractivity contribution in [3.63, 3.8) is 0 Å². The van der Waals surface area contributed by atoms with Crippen LogP contribution in [0.3, 0.4) is 0 Å². The maximum atomic E-state index is 9.93. The van der Waals surface area contributed by atoms with Gasteiger partial charge in [0.05, 0.1) is 12.7 Å². The molecule has 0 spiro atoms. The minimum Gasteiger partial charge on any atom is -0.389 e. The Labute approximate surface area is 110 Å². The number of aliphatic hydroxyl groups excluding tert-OH is 1. The molecule has 3 atom stereocenters. The van der Waals surface area contributed by atoms with Gasteiger partial charge in [-0.15, -0.1) is 0 Å². The third kappa shape index (κ3) is 5.60. The van der Waals surface area contributed by atoms with Gasteiger partial charge in [-0.05, 0) is 13.3 Å². The molecule has 1 rings (SSSR count). The van der Waals surface area contributed by atoms with Crippen LogP contribution >= 0.6 is 11.8 Å². The summed E-state index contributed by atoms with van der Waals surface area (Å²) in [6.45, 7) is 9.75. The highest BCUT2D eigenvalue weighted by Gasteiger charge is 2.26. The number of unbranched alkanes of at least 4 members (excludes halogenated alkanes) is 1. The lowest BCUT2D eigenvalue weighted by molar-refractivity contribution is 0.00971. The molecule has 0 radical (unpaired) electrons. The monoisotopic (exact) mass is 261 g/mol. The minimum atomic E-state index is -0.343. The van der Waals surface area contributed by atoms with Crippen molar-refractivity contribution < 1.29 is 9.84 Å². The molecule has 0 aromatic carbocycles.